The van der Waals surface area contributed by atoms with Gasteiger partial charge in [-0.3, -0.25) is 14.8 Å². The van der Waals surface area contributed by atoms with Crippen molar-refractivity contribution in [3.05, 3.63) is 63.7 Å². The number of sulfonamides is 1. The molecule has 8 nitrogen and oxygen atoms in total. The van der Waals surface area contributed by atoms with Crippen LogP contribution in [0.3, 0.4) is 0 Å². The molecule has 0 saturated carbocycles. The Morgan fingerprint density at radius 1 is 1.00 bits per heavy atom. The Morgan fingerprint density at radius 3 is 2.00 bits per heavy atom. The topological polar surface area (TPSA) is 123 Å². The third kappa shape index (κ3) is 4.34. The average molecular weight is 384 g/mol. The summed E-state index contributed by atoms with van der Waals surface area (Å²) in [6.45, 7) is 2.92. The van der Waals surface area contributed by atoms with E-state index in [0.717, 1.165) is 0 Å². The van der Waals surface area contributed by atoms with Crippen molar-refractivity contribution in [3.63, 3.8) is 0 Å². The van der Waals surface area contributed by atoms with E-state index in [-0.39, 0.29) is 26.6 Å². The third-order valence-corrected chi connectivity index (χ3v) is 6.57. The summed E-state index contributed by atoms with van der Waals surface area (Å²) < 4.78 is 51.3. The fourth-order valence-corrected chi connectivity index (χ4v) is 5.08. The standard InChI is InChI=1S/C15H16N2O6S2/c1-11-8-13(16-25(22,23)14-6-4-3-5-7-14)9-12(2)15(11)24(20,21)10-17(18)19/h3-9,16H,10H2,1-2H3. The minimum absolute atomic E-state index is 0.0651. The van der Waals surface area contributed by atoms with Crippen LogP contribution in [0.15, 0.2) is 52.3 Å². The number of hydrogen-bond acceptors (Lipinski definition) is 6. The summed E-state index contributed by atoms with van der Waals surface area (Å²) in [6.07, 6.45) is 0. The number of aryl methyl sites for hydroxylation is 2. The molecule has 0 atom stereocenters. The van der Waals surface area contributed by atoms with Crippen LogP contribution in [0.25, 0.3) is 0 Å². The molecule has 0 aromatic heterocycles. The third-order valence-electron chi connectivity index (χ3n) is 3.35. The van der Waals surface area contributed by atoms with Gasteiger partial charge in [0.05, 0.1) is 9.79 Å². The van der Waals surface area contributed by atoms with Crippen LogP contribution in [0.1, 0.15) is 11.1 Å². The number of benzene rings is 2. The van der Waals surface area contributed by atoms with E-state index in [0.29, 0.717) is 0 Å². The molecule has 0 radical (unpaired) electrons. The molecule has 0 heterocycles. The molecular formula is C15H16N2O6S2. The Morgan fingerprint density at radius 2 is 1.52 bits per heavy atom. The van der Waals surface area contributed by atoms with Crippen molar-refractivity contribution in [3.8, 4) is 0 Å². The smallest absolute Gasteiger partial charge is 0.280 e. The van der Waals surface area contributed by atoms with Gasteiger partial charge in [0.25, 0.3) is 10.0 Å². The summed E-state index contributed by atoms with van der Waals surface area (Å²) in [4.78, 5) is 9.55. The van der Waals surface area contributed by atoms with E-state index in [1.165, 1.54) is 38.1 Å². The molecule has 0 aliphatic heterocycles. The Hall–Kier alpha value is -2.46. The van der Waals surface area contributed by atoms with E-state index < -0.39 is 30.7 Å². The van der Waals surface area contributed by atoms with Crippen LogP contribution in [-0.2, 0) is 19.9 Å². The van der Waals surface area contributed by atoms with E-state index >= 15 is 0 Å². The van der Waals surface area contributed by atoms with Crippen LogP contribution in [0.5, 0.6) is 0 Å². The highest BCUT2D eigenvalue weighted by atomic mass is 32.2. The Balaban J connectivity index is 2.43. The maximum absolute atomic E-state index is 12.3. The van der Waals surface area contributed by atoms with Crippen molar-refractivity contribution in [1.29, 1.82) is 0 Å². The van der Waals surface area contributed by atoms with E-state index in [1.54, 1.807) is 18.2 Å². The van der Waals surface area contributed by atoms with E-state index in [4.69, 9.17) is 0 Å². The van der Waals surface area contributed by atoms with Crippen LogP contribution in [0, 0.1) is 24.0 Å². The average Bonchev–Trinajstić information content (AvgIpc) is 2.45. The SMILES string of the molecule is Cc1cc(NS(=O)(=O)c2ccccc2)cc(C)c1S(=O)(=O)C[N+](=O)[O-]. The lowest BCUT2D eigenvalue weighted by Crippen LogP contribution is -2.18. The highest BCUT2D eigenvalue weighted by Gasteiger charge is 2.26. The lowest BCUT2D eigenvalue weighted by Gasteiger charge is -2.13. The number of nitrogens with zero attached hydrogens (tertiary/aromatic N) is 1. The van der Waals surface area contributed by atoms with Gasteiger partial charge in [0.15, 0.2) is 0 Å². The molecule has 0 spiro atoms. The zero-order valence-corrected chi connectivity index (χ0v) is 15.1. The number of hydrogen-bond donors (Lipinski definition) is 1. The Labute approximate surface area is 145 Å². The first-order valence-corrected chi connectivity index (χ1v) is 10.2. The molecule has 2 rings (SSSR count). The molecule has 0 aliphatic carbocycles. The lowest BCUT2D eigenvalue weighted by molar-refractivity contribution is -0.458. The molecule has 0 saturated heterocycles. The van der Waals surface area contributed by atoms with Gasteiger partial charge in [-0.2, -0.15) is 0 Å². The fourth-order valence-electron chi connectivity index (χ4n) is 2.52. The summed E-state index contributed by atoms with van der Waals surface area (Å²) >= 11 is 0. The van der Waals surface area contributed by atoms with Crippen LogP contribution in [0.2, 0.25) is 0 Å². The normalized spacial score (nSPS) is 11.9. The monoisotopic (exact) mass is 384 g/mol. The van der Waals surface area contributed by atoms with E-state index in [9.17, 15) is 26.9 Å². The number of sulfone groups is 1. The largest absolute Gasteiger partial charge is 0.305 e. The maximum Gasteiger partial charge on any atom is 0.305 e. The number of rotatable bonds is 6. The molecule has 0 bridgehead atoms. The molecule has 1 N–H and O–H groups in total. The summed E-state index contributed by atoms with van der Waals surface area (Å²) in [6, 6.07) is 10.4. The van der Waals surface area contributed by atoms with Crippen molar-refractivity contribution < 1.29 is 21.8 Å². The molecule has 2 aromatic rings. The van der Waals surface area contributed by atoms with Gasteiger partial charge < -0.3 is 0 Å². The van der Waals surface area contributed by atoms with Gasteiger partial charge >= 0.3 is 5.88 Å². The molecule has 134 valence electrons. The highest BCUT2D eigenvalue weighted by Crippen LogP contribution is 2.27. The zero-order chi connectivity index (χ0) is 18.8. The zero-order valence-electron chi connectivity index (χ0n) is 13.5. The first kappa shape index (κ1) is 18.9. The van der Waals surface area contributed by atoms with Gasteiger partial charge in [0.2, 0.25) is 9.84 Å². The van der Waals surface area contributed by atoms with Gasteiger partial charge in [-0.25, -0.2) is 16.8 Å². The summed E-state index contributed by atoms with van der Waals surface area (Å²) in [5.74, 6) is -1.22. The maximum atomic E-state index is 12.3. The van der Waals surface area contributed by atoms with Crippen molar-refractivity contribution in [2.24, 2.45) is 0 Å². The minimum Gasteiger partial charge on any atom is -0.280 e. The Bertz CT molecular complexity index is 992. The van der Waals surface area contributed by atoms with Crippen molar-refractivity contribution in [2.75, 3.05) is 10.6 Å². The number of anilines is 1. The van der Waals surface area contributed by atoms with Crippen molar-refractivity contribution in [2.45, 2.75) is 23.6 Å². The molecule has 0 unspecified atom stereocenters. The van der Waals surface area contributed by atoms with Crippen LogP contribution in [-0.4, -0.2) is 27.6 Å². The first-order chi connectivity index (χ1) is 11.5. The molecule has 0 fully saturated rings. The predicted octanol–water partition coefficient (Wildman–Crippen LogP) is 2.11. The first-order valence-electron chi connectivity index (χ1n) is 7.06. The van der Waals surface area contributed by atoms with E-state index in [1.807, 2.05) is 0 Å². The van der Waals surface area contributed by atoms with Gasteiger partial charge in [-0.05, 0) is 49.2 Å². The molecular weight excluding hydrogens is 368 g/mol. The van der Waals surface area contributed by atoms with Gasteiger partial charge in [-0.1, -0.05) is 18.2 Å². The van der Waals surface area contributed by atoms with Crippen LogP contribution in [0.4, 0.5) is 5.69 Å². The minimum atomic E-state index is -4.11. The second-order valence-corrected chi connectivity index (χ2v) is 9.01. The van der Waals surface area contributed by atoms with Crippen LogP contribution >= 0.6 is 0 Å². The van der Waals surface area contributed by atoms with Gasteiger partial charge in [0, 0.05) is 10.6 Å². The predicted molar refractivity (Wildman–Crippen MR) is 92.2 cm³/mol. The number of nitro groups is 1. The molecule has 25 heavy (non-hydrogen) atoms. The molecule has 0 amide bonds. The van der Waals surface area contributed by atoms with Gasteiger partial charge in [-0.15, -0.1) is 0 Å². The number of nitrogens with one attached hydrogen (secondary N) is 1. The quantitative estimate of drug-likeness (QED) is 0.601. The van der Waals surface area contributed by atoms with Crippen LogP contribution < -0.4 is 4.72 Å². The summed E-state index contributed by atoms with van der Waals surface area (Å²) in [7, 11) is -7.93. The second-order valence-electron chi connectivity index (χ2n) is 5.43. The lowest BCUT2D eigenvalue weighted by atomic mass is 10.1. The fraction of sp³-hybridized carbons (Fsp3) is 0.200. The molecule has 10 heteroatoms. The van der Waals surface area contributed by atoms with E-state index in [2.05, 4.69) is 4.72 Å². The van der Waals surface area contributed by atoms with Crippen molar-refractivity contribution in [1.82, 2.24) is 0 Å². The highest BCUT2D eigenvalue weighted by molar-refractivity contribution is 7.92. The molecule has 0 aliphatic rings. The summed E-state index contributed by atoms with van der Waals surface area (Å²) in [5.41, 5.74) is 0.638. The van der Waals surface area contributed by atoms with Gasteiger partial charge in [0.1, 0.15) is 0 Å². The Kier molecular flexibility index (Phi) is 5.14. The van der Waals surface area contributed by atoms with Crippen molar-refractivity contribution >= 4 is 25.5 Å². The second kappa shape index (κ2) is 6.81. The molecule has 2 aromatic carbocycles. The summed E-state index contributed by atoms with van der Waals surface area (Å²) in [5, 5.41) is 10.6.